The molecule has 0 spiro atoms. The van der Waals surface area contributed by atoms with Crippen molar-refractivity contribution in [2.24, 2.45) is 4.99 Å². The van der Waals surface area contributed by atoms with Gasteiger partial charge in [-0.25, -0.2) is 9.98 Å². The van der Waals surface area contributed by atoms with Gasteiger partial charge in [0.15, 0.2) is 17.5 Å². The number of nitrogens with one attached hydrogen (secondary N) is 2. The fourth-order valence-corrected chi connectivity index (χ4v) is 3.86. The molecule has 27 heavy (non-hydrogen) atoms. The molecule has 0 amide bonds. The Morgan fingerprint density at radius 2 is 2.04 bits per heavy atom. The van der Waals surface area contributed by atoms with E-state index in [2.05, 4.69) is 27.5 Å². The molecule has 0 aliphatic carbocycles. The maximum absolute atomic E-state index is 5.34. The first-order valence-corrected chi connectivity index (χ1v) is 10.4. The van der Waals surface area contributed by atoms with Gasteiger partial charge in [0, 0.05) is 30.4 Å². The number of methoxy groups -OCH3 is 2. The fourth-order valence-electron chi connectivity index (χ4n) is 2.21. The fraction of sp³-hybridized carbons (Fsp3) is 0.444. The lowest BCUT2D eigenvalue weighted by molar-refractivity contribution is 0.354. The third-order valence-electron chi connectivity index (χ3n) is 3.46. The molecule has 2 rings (SSSR count). The van der Waals surface area contributed by atoms with E-state index in [9.17, 15) is 0 Å². The molecular formula is C18H27IN4O2S2. The third kappa shape index (κ3) is 8.56. The van der Waals surface area contributed by atoms with Crippen LogP contribution < -0.4 is 20.1 Å². The number of halogens is 1. The molecule has 9 heteroatoms. The lowest BCUT2D eigenvalue weighted by Crippen LogP contribution is -2.37. The van der Waals surface area contributed by atoms with Crippen LogP contribution in [0.2, 0.25) is 0 Å². The average molecular weight is 522 g/mol. The summed E-state index contributed by atoms with van der Waals surface area (Å²) in [6.45, 7) is 4.33. The average Bonchev–Trinajstić information content (AvgIpc) is 3.19. The summed E-state index contributed by atoms with van der Waals surface area (Å²) in [7, 11) is 3.27. The van der Waals surface area contributed by atoms with Crippen LogP contribution in [0.25, 0.3) is 0 Å². The number of hydrogen-bond acceptors (Lipinski definition) is 6. The summed E-state index contributed by atoms with van der Waals surface area (Å²) in [4.78, 5) is 8.92. The van der Waals surface area contributed by atoms with E-state index in [1.807, 2.05) is 29.8 Å². The number of benzene rings is 1. The molecule has 1 aromatic heterocycles. The van der Waals surface area contributed by atoms with E-state index in [4.69, 9.17) is 9.47 Å². The Kier molecular flexibility index (Phi) is 12.3. The van der Waals surface area contributed by atoms with Crippen LogP contribution in [0.3, 0.4) is 0 Å². The molecule has 0 aliphatic rings. The number of hydrogen-bond donors (Lipinski definition) is 2. The van der Waals surface area contributed by atoms with Crippen LogP contribution in [0.5, 0.6) is 11.5 Å². The topological polar surface area (TPSA) is 67.8 Å². The van der Waals surface area contributed by atoms with E-state index in [0.29, 0.717) is 6.54 Å². The van der Waals surface area contributed by atoms with Crippen molar-refractivity contribution in [3.63, 3.8) is 0 Å². The van der Waals surface area contributed by atoms with Crippen molar-refractivity contribution >= 4 is 53.0 Å². The Morgan fingerprint density at radius 1 is 1.22 bits per heavy atom. The van der Waals surface area contributed by atoms with Crippen LogP contribution >= 0.6 is 47.1 Å². The van der Waals surface area contributed by atoms with E-state index in [1.165, 1.54) is 0 Å². The number of thiazole rings is 1. The van der Waals surface area contributed by atoms with Crippen molar-refractivity contribution in [3.8, 4) is 11.5 Å². The Balaban J connectivity index is 0.00000364. The maximum Gasteiger partial charge on any atom is 0.191 e. The van der Waals surface area contributed by atoms with Crippen LogP contribution in [0.1, 0.15) is 18.9 Å². The molecule has 0 aliphatic heterocycles. The monoisotopic (exact) mass is 522 g/mol. The molecule has 0 saturated heterocycles. The molecule has 2 N–H and O–H groups in total. The molecule has 150 valence electrons. The van der Waals surface area contributed by atoms with E-state index >= 15 is 0 Å². The number of ether oxygens (including phenoxy) is 2. The van der Waals surface area contributed by atoms with Gasteiger partial charge < -0.3 is 20.1 Å². The number of thioether (sulfide) groups is 1. The van der Waals surface area contributed by atoms with Crippen molar-refractivity contribution in [3.05, 3.63) is 35.3 Å². The third-order valence-corrected chi connectivity index (χ3v) is 5.51. The summed E-state index contributed by atoms with van der Waals surface area (Å²) in [6, 6.07) is 5.86. The summed E-state index contributed by atoms with van der Waals surface area (Å²) < 4.78 is 11.7. The Morgan fingerprint density at radius 3 is 2.70 bits per heavy atom. The lowest BCUT2D eigenvalue weighted by atomic mass is 10.2. The van der Waals surface area contributed by atoms with Gasteiger partial charge in [0.05, 0.1) is 20.8 Å². The number of aromatic nitrogens is 1. The molecule has 0 bridgehead atoms. The number of nitrogens with zero attached hydrogens (tertiary/aromatic N) is 2. The lowest BCUT2D eigenvalue weighted by Gasteiger charge is -2.12. The largest absolute Gasteiger partial charge is 0.493 e. The standard InChI is InChI=1S/C18H26N4O2S2.HI/c1-4-19-17(20-8-5-10-25-18-21-9-11-26-18)22-13-14-6-7-15(23-2)16(12-14)24-3;/h6-7,9,11-12H,4-5,8,10,13H2,1-3H3,(H2,19,20,22);1H. The number of guanidine groups is 1. The molecule has 1 heterocycles. The summed E-state index contributed by atoms with van der Waals surface area (Å²) in [5, 5.41) is 8.65. The summed E-state index contributed by atoms with van der Waals surface area (Å²) in [6.07, 6.45) is 2.89. The van der Waals surface area contributed by atoms with Crippen molar-refractivity contribution in [1.82, 2.24) is 15.6 Å². The first-order valence-electron chi connectivity index (χ1n) is 8.52. The molecule has 0 saturated carbocycles. The van der Waals surface area contributed by atoms with E-state index in [0.717, 1.165) is 52.6 Å². The minimum absolute atomic E-state index is 0. The van der Waals surface area contributed by atoms with Crippen LogP contribution in [-0.2, 0) is 6.54 Å². The zero-order valence-corrected chi connectivity index (χ0v) is 19.8. The smallest absolute Gasteiger partial charge is 0.191 e. The minimum Gasteiger partial charge on any atom is -0.493 e. The molecule has 2 aromatic rings. The van der Waals surface area contributed by atoms with E-state index < -0.39 is 0 Å². The van der Waals surface area contributed by atoms with Gasteiger partial charge in [-0.3, -0.25) is 0 Å². The van der Waals surface area contributed by atoms with Crippen LogP contribution in [0, 0.1) is 0 Å². The quantitative estimate of drug-likeness (QED) is 0.162. The highest BCUT2D eigenvalue weighted by Crippen LogP contribution is 2.27. The predicted octanol–water partition coefficient (Wildman–Crippen LogP) is 4.02. The highest BCUT2D eigenvalue weighted by molar-refractivity contribution is 14.0. The molecule has 0 fully saturated rings. The molecule has 0 unspecified atom stereocenters. The van der Waals surface area contributed by atoms with Gasteiger partial charge >= 0.3 is 0 Å². The van der Waals surface area contributed by atoms with Crippen molar-refractivity contribution < 1.29 is 9.47 Å². The van der Waals surface area contributed by atoms with Crippen LogP contribution in [-0.4, -0.2) is 44.0 Å². The number of rotatable bonds is 10. The Hall–Kier alpha value is -1.20. The highest BCUT2D eigenvalue weighted by Gasteiger charge is 2.05. The number of aliphatic imine (C=N–C) groups is 1. The summed E-state index contributed by atoms with van der Waals surface area (Å²) >= 11 is 3.47. The molecular weight excluding hydrogens is 495 g/mol. The first-order chi connectivity index (χ1) is 12.8. The summed E-state index contributed by atoms with van der Waals surface area (Å²) in [5.41, 5.74) is 1.07. The van der Waals surface area contributed by atoms with Crippen LogP contribution in [0.4, 0.5) is 0 Å². The van der Waals surface area contributed by atoms with Gasteiger partial charge in [0.2, 0.25) is 0 Å². The van der Waals surface area contributed by atoms with Gasteiger partial charge in [-0.2, -0.15) is 0 Å². The van der Waals surface area contributed by atoms with Gasteiger partial charge in [0.1, 0.15) is 4.34 Å². The maximum atomic E-state index is 5.34. The molecule has 1 aromatic carbocycles. The van der Waals surface area contributed by atoms with Crippen molar-refractivity contribution in [1.29, 1.82) is 0 Å². The van der Waals surface area contributed by atoms with Gasteiger partial charge in [-0.1, -0.05) is 17.8 Å². The molecule has 6 nitrogen and oxygen atoms in total. The van der Waals surface area contributed by atoms with Gasteiger partial charge in [0.25, 0.3) is 0 Å². The van der Waals surface area contributed by atoms with E-state index in [-0.39, 0.29) is 24.0 Å². The SMILES string of the molecule is CCNC(=NCc1ccc(OC)c(OC)c1)NCCCSc1nccs1.I. The second-order valence-corrected chi connectivity index (χ2v) is 7.55. The Labute approximate surface area is 186 Å². The van der Waals surface area contributed by atoms with Gasteiger partial charge in [-0.05, 0) is 31.0 Å². The highest BCUT2D eigenvalue weighted by atomic mass is 127. The second kappa shape index (κ2) is 13.9. The zero-order chi connectivity index (χ0) is 18.6. The zero-order valence-electron chi connectivity index (χ0n) is 15.9. The first kappa shape index (κ1) is 23.8. The van der Waals surface area contributed by atoms with Gasteiger partial charge in [-0.15, -0.1) is 35.3 Å². The Bertz CT molecular complexity index is 684. The molecule has 0 atom stereocenters. The normalized spacial score (nSPS) is 10.9. The molecule has 0 radical (unpaired) electrons. The van der Waals surface area contributed by atoms with Crippen molar-refractivity contribution in [2.45, 2.75) is 24.2 Å². The predicted molar refractivity (Wildman–Crippen MR) is 125 cm³/mol. The van der Waals surface area contributed by atoms with Crippen LogP contribution in [0.15, 0.2) is 39.1 Å². The minimum atomic E-state index is 0. The van der Waals surface area contributed by atoms with E-state index in [1.54, 1.807) is 37.3 Å². The second-order valence-electron chi connectivity index (χ2n) is 5.31. The van der Waals surface area contributed by atoms with Crippen molar-refractivity contribution in [2.75, 3.05) is 33.1 Å². The summed E-state index contributed by atoms with van der Waals surface area (Å²) in [5.74, 6) is 3.30.